The number of nitrogens with one attached hydrogen (secondary N) is 1. The lowest BCUT2D eigenvalue weighted by Crippen LogP contribution is -2.12. The van der Waals surface area contributed by atoms with Gasteiger partial charge in [0.15, 0.2) is 0 Å². The van der Waals surface area contributed by atoms with Crippen LogP contribution in [0.15, 0.2) is 36.5 Å². The summed E-state index contributed by atoms with van der Waals surface area (Å²) in [4.78, 5) is 16.1. The van der Waals surface area contributed by atoms with Gasteiger partial charge in [-0.3, -0.25) is 9.78 Å². The summed E-state index contributed by atoms with van der Waals surface area (Å²) in [6.45, 7) is 1.86. The lowest BCUT2D eigenvalue weighted by atomic mass is 10.2. The summed E-state index contributed by atoms with van der Waals surface area (Å²) in [5, 5.41) is 3.19. The second kappa shape index (κ2) is 5.71. The van der Waals surface area contributed by atoms with Gasteiger partial charge in [0.05, 0.1) is 12.1 Å². The van der Waals surface area contributed by atoms with Crippen molar-refractivity contribution in [1.82, 2.24) is 4.98 Å². The minimum atomic E-state index is -0.227. The fraction of sp³-hybridized carbons (Fsp3) is 0.143. The van der Waals surface area contributed by atoms with E-state index in [0.29, 0.717) is 22.0 Å². The van der Waals surface area contributed by atoms with Gasteiger partial charge in [-0.05, 0) is 37.3 Å². The molecular weight excluding hydrogens is 264 g/mol. The Kier molecular flexibility index (Phi) is 4.02. The van der Waals surface area contributed by atoms with Crippen LogP contribution in [0.1, 0.15) is 16.1 Å². The standard InChI is InChI=1S/C14H13ClN2O2/c1-9-7-11(5-6-16-9)17-14(18)10-3-4-13(19-2)12(15)8-10/h3-8H,1-2H3,(H,16,17,18). The van der Waals surface area contributed by atoms with Crippen molar-refractivity contribution in [3.8, 4) is 5.75 Å². The number of hydrogen-bond donors (Lipinski definition) is 1. The molecule has 0 aliphatic heterocycles. The summed E-state index contributed by atoms with van der Waals surface area (Å²) in [6, 6.07) is 8.42. The van der Waals surface area contributed by atoms with Crippen LogP contribution in [0.2, 0.25) is 5.02 Å². The van der Waals surface area contributed by atoms with Crippen LogP contribution in [0.5, 0.6) is 5.75 Å². The molecule has 4 nitrogen and oxygen atoms in total. The average Bonchev–Trinajstić information content (AvgIpc) is 2.38. The average molecular weight is 277 g/mol. The van der Waals surface area contributed by atoms with Crippen molar-refractivity contribution in [2.24, 2.45) is 0 Å². The quantitative estimate of drug-likeness (QED) is 0.936. The molecule has 19 heavy (non-hydrogen) atoms. The Morgan fingerprint density at radius 1 is 1.32 bits per heavy atom. The van der Waals surface area contributed by atoms with E-state index in [2.05, 4.69) is 10.3 Å². The van der Waals surface area contributed by atoms with Crippen molar-refractivity contribution in [2.75, 3.05) is 12.4 Å². The SMILES string of the molecule is COc1ccc(C(=O)Nc2ccnc(C)c2)cc1Cl. The van der Waals surface area contributed by atoms with Crippen LogP contribution < -0.4 is 10.1 Å². The summed E-state index contributed by atoms with van der Waals surface area (Å²) in [7, 11) is 1.53. The molecule has 0 aliphatic carbocycles. The number of hydrogen-bond acceptors (Lipinski definition) is 3. The Morgan fingerprint density at radius 3 is 2.74 bits per heavy atom. The third kappa shape index (κ3) is 3.23. The molecular formula is C14H13ClN2O2. The van der Waals surface area contributed by atoms with Crippen LogP contribution in [0.3, 0.4) is 0 Å². The van der Waals surface area contributed by atoms with Crippen LogP contribution in [-0.2, 0) is 0 Å². The molecule has 1 aromatic carbocycles. The summed E-state index contributed by atoms with van der Waals surface area (Å²) in [6.07, 6.45) is 1.64. The molecule has 0 fully saturated rings. The number of nitrogens with zero attached hydrogens (tertiary/aromatic N) is 1. The van der Waals surface area contributed by atoms with Crippen LogP contribution in [0, 0.1) is 6.92 Å². The Bertz CT molecular complexity index is 614. The molecule has 0 spiro atoms. The molecule has 0 atom stereocenters. The number of aryl methyl sites for hydroxylation is 1. The minimum absolute atomic E-state index is 0.227. The van der Waals surface area contributed by atoms with E-state index in [4.69, 9.17) is 16.3 Å². The van der Waals surface area contributed by atoms with Gasteiger partial charge in [0, 0.05) is 23.1 Å². The van der Waals surface area contributed by atoms with Crippen LogP contribution in [-0.4, -0.2) is 18.0 Å². The molecule has 0 unspecified atom stereocenters. The molecule has 0 saturated heterocycles. The first kappa shape index (κ1) is 13.4. The summed E-state index contributed by atoms with van der Waals surface area (Å²) < 4.78 is 5.04. The van der Waals surface area contributed by atoms with E-state index in [1.807, 2.05) is 6.92 Å². The minimum Gasteiger partial charge on any atom is -0.495 e. The largest absolute Gasteiger partial charge is 0.495 e. The van der Waals surface area contributed by atoms with Crippen LogP contribution in [0.4, 0.5) is 5.69 Å². The number of ether oxygens (including phenoxy) is 1. The van der Waals surface area contributed by atoms with Crippen molar-refractivity contribution >= 4 is 23.2 Å². The number of benzene rings is 1. The fourth-order valence-electron chi connectivity index (χ4n) is 1.63. The number of methoxy groups -OCH3 is 1. The Balaban J connectivity index is 2.18. The third-order valence-electron chi connectivity index (χ3n) is 2.57. The zero-order chi connectivity index (χ0) is 13.8. The number of carbonyl (C=O) groups is 1. The molecule has 1 aromatic heterocycles. The van der Waals surface area contributed by atoms with E-state index in [1.54, 1.807) is 36.5 Å². The summed E-state index contributed by atoms with van der Waals surface area (Å²) in [5.41, 5.74) is 2.01. The second-order valence-electron chi connectivity index (χ2n) is 3.99. The van der Waals surface area contributed by atoms with Gasteiger partial charge in [0.25, 0.3) is 5.91 Å². The number of aromatic nitrogens is 1. The number of anilines is 1. The van der Waals surface area contributed by atoms with E-state index >= 15 is 0 Å². The van der Waals surface area contributed by atoms with E-state index in [1.165, 1.54) is 7.11 Å². The summed E-state index contributed by atoms with van der Waals surface area (Å²) in [5.74, 6) is 0.313. The van der Waals surface area contributed by atoms with Crippen molar-refractivity contribution in [3.05, 3.63) is 52.8 Å². The predicted molar refractivity (Wildman–Crippen MR) is 74.9 cm³/mol. The number of pyridine rings is 1. The van der Waals surface area contributed by atoms with E-state index in [0.717, 1.165) is 5.69 Å². The molecule has 0 radical (unpaired) electrons. The first-order chi connectivity index (χ1) is 9.10. The van der Waals surface area contributed by atoms with Gasteiger partial charge in [-0.25, -0.2) is 0 Å². The fourth-order valence-corrected chi connectivity index (χ4v) is 1.89. The van der Waals surface area contributed by atoms with Crippen molar-refractivity contribution in [2.45, 2.75) is 6.92 Å². The van der Waals surface area contributed by atoms with Gasteiger partial charge in [0.2, 0.25) is 0 Å². The Labute approximate surface area is 116 Å². The van der Waals surface area contributed by atoms with Crippen LogP contribution >= 0.6 is 11.6 Å². The van der Waals surface area contributed by atoms with Crippen LogP contribution in [0.25, 0.3) is 0 Å². The highest BCUT2D eigenvalue weighted by atomic mass is 35.5. The lowest BCUT2D eigenvalue weighted by Gasteiger charge is -2.07. The van der Waals surface area contributed by atoms with Crippen molar-refractivity contribution in [1.29, 1.82) is 0 Å². The summed E-state index contributed by atoms with van der Waals surface area (Å²) >= 11 is 5.99. The van der Waals surface area contributed by atoms with E-state index in [-0.39, 0.29) is 5.91 Å². The third-order valence-corrected chi connectivity index (χ3v) is 2.86. The number of amides is 1. The number of halogens is 1. The lowest BCUT2D eigenvalue weighted by molar-refractivity contribution is 0.102. The molecule has 1 amide bonds. The molecule has 0 saturated carbocycles. The highest BCUT2D eigenvalue weighted by Gasteiger charge is 2.09. The van der Waals surface area contributed by atoms with E-state index < -0.39 is 0 Å². The maximum Gasteiger partial charge on any atom is 0.255 e. The van der Waals surface area contributed by atoms with Gasteiger partial charge in [0.1, 0.15) is 5.75 Å². The van der Waals surface area contributed by atoms with Gasteiger partial charge < -0.3 is 10.1 Å². The molecule has 2 rings (SSSR count). The first-order valence-electron chi connectivity index (χ1n) is 5.67. The molecule has 0 aliphatic rings. The molecule has 1 heterocycles. The topological polar surface area (TPSA) is 51.2 Å². The Hall–Kier alpha value is -2.07. The molecule has 0 bridgehead atoms. The van der Waals surface area contributed by atoms with Gasteiger partial charge >= 0.3 is 0 Å². The van der Waals surface area contributed by atoms with E-state index in [9.17, 15) is 4.79 Å². The highest BCUT2D eigenvalue weighted by molar-refractivity contribution is 6.32. The molecule has 2 aromatic rings. The second-order valence-corrected chi connectivity index (χ2v) is 4.40. The number of rotatable bonds is 3. The normalized spacial score (nSPS) is 10.1. The molecule has 98 valence electrons. The maximum atomic E-state index is 12.0. The van der Waals surface area contributed by atoms with Gasteiger partial charge in [-0.2, -0.15) is 0 Å². The van der Waals surface area contributed by atoms with Crippen molar-refractivity contribution < 1.29 is 9.53 Å². The predicted octanol–water partition coefficient (Wildman–Crippen LogP) is 3.30. The Morgan fingerprint density at radius 2 is 2.11 bits per heavy atom. The van der Waals surface area contributed by atoms with Gasteiger partial charge in [-0.1, -0.05) is 11.6 Å². The zero-order valence-corrected chi connectivity index (χ0v) is 11.4. The van der Waals surface area contributed by atoms with Gasteiger partial charge in [-0.15, -0.1) is 0 Å². The number of carbonyl (C=O) groups excluding carboxylic acids is 1. The zero-order valence-electron chi connectivity index (χ0n) is 10.6. The monoisotopic (exact) mass is 276 g/mol. The smallest absolute Gasteiger partial charge is 0.255 e. The molecule has 5 heteroatoms. The first-order valence-corrected chi connectivity index (χ1v) is 6.05. The van der Waals surface area contributed by atoms with Crippen molar-refractivity contribution in [3.63, 3.8) is 0 Å². The highest BCUT2D eigenvalue weighted by Crippen LogP contribution is 2.25. The molecule has 1 N–H and O–H groups in total. The maximum absolute atomic E-state index is 12.0.